The van der Waals surface area contributed by atoms with Gasteiger partial charge in [0, 0.05) is 7.05 Å². The Morgan fingerprint density at radius 3 is 2.47 bits per heavy atom. The number of rotatable bonds is 5. The van der Waals surface area contributed by atoms with Gasteiger partial charge < -0.3 is 15.1 Å². The predicted octanol–water partition coefficient (Wildman–Crippen LogP) is 1.73. The molecule has 1 rings (SSSR count). The highest BCUT2D eigenvalue weighted by Gasteiger charge is 2.23. The lowest BCUT2D eigenvalue weighted by Crippen LogP contribution is -2.44. The van der Waals surface area contributed by atoms with Gasteiger partial charge in [0.1, 0.15) is 0 Å². The Labute approximate surface area is 103 Å². The van der Waals surface area contributed by atoms with Crippen molar-refractivity contribution in [2.75, 3.05) is 18.6 Å². The van der Waals surface area contributed by atoms with E-state index < -0.39 is 6.10 Å². The molecule has 0 radical (unpaired) electrons. The molecule has 0 saturated carbocycles. The molecule has 0 bridgehead atoms. The van der Waals surface area contributed by atoms with Crippen molar-refractivity contribution in [3.05, 3.63) is 24.0 Å². The number of aliphatic hydroxyl groups is 2. The van der Waals surface area contributed by atoms with Crippen LogP contribution in [-0.4, -0.2) is 34.4 Å². The second-order valence-corrected chi connectivity index (χ2v) is 4.89. The molecule has 2 N–H and O–H groups in total. The van der Waals surface area contributed by atoms with Crippen LogP contribution in [0.4, 0.5) is 5.69 Å². The average molecular weight is 238 g/mol. The molecule has 0 saturated heterocycles. The molecule has 0 aromatic carbocycles. The van der Waals surface area contributed by atoms with Crippen molar-refractivity contribution in [2.45, 2.75) is 38.8 Å². The number of nitrogens with zero attached hydrogens (tertiary/aromatic N) is 2. The maximum Gasteiger partial charge on any atom is 0.0957 e. The summed E-state index contributed by atoms with van der Waals surface area (Å²) < 4.78 is 0. The van der Waals surface area contributed by atoms with Gasteiger partial charge in [-0.2, -0.15) is 0 Å². The Kier molecular flexibility index (Phi) is 4.48. The van der Waals surface area contributed by atoms with E-state index in [1.807, 2.05) is 44.9 Å². The summed E-state index contributed by atoms with van der Waals surface area (Å²) in [6.45, 7) is 5.91. The van der Waals surface area contributed by atoms with Gasteiger partial charge in [0.05, 0.1) is 35.8 Å². The van der Waals surface area contributed by atoms with Crippen LogP contribution < -0.4 is 4.90 Å². The molecule has 1 aromatic rings. The Hall–Kier alpha value is -1.13. The summed E-state index contributed by atoms with van der Waals surface area (Å²) in [6, 6.07) is 3.74. The van der Waals surface area contributed by atoms with Gasteiger partial charge in [0.2, 0.25) is 0 Å². The van der Waals surface area contributed by atoms with E-state index in [9.17, 15) is 10.2 Å². The van der Waals surface area contributed by atoms with Crippen LogP contribution in [0, 0.1) is 0 Å². The van der Waals surface area contributed by atoms with Crippen LogP contribution >= 0.6 is 0 Å². The number of hydrogen-bond donors (Lipinski definition) is 2. The van der Waals surface area contributed by atoms with E-state index in [2.05, 4.69) is 4.98 Å². The molecule has 0 aliphatic rings. The normalized spacial score (nSPS) is 13.5. The molecular weight excluding hydrogens is 216 g/mol. The largest absolute Gasteiger partial charge is 0.394 e. The first-order valence-corrected chi connectivity index (χ1v) is 5.91. The van der Waals surface area contributed by atoms with Crippen molar-refractivity contribution in [3.63, 3.8) is 0 Å². The highest BCUT2D eigenvalue weighted by molar-refractivity contribution is 5.46. The smallest absolute Gasteiger partial charge is 0.0957 e. The molecule has 0 spiro atoms. The molecule has 1 heterocycles. The molecule has 4 nitrogen and oxygen atoms in total. The van der Waals surface area contributed by atoms with Gasteiger partial charge >= 0.3 is 0 Å². The van der Waals surface area contributed by atoms with E-state index >= 15 is 0 Å². The van der Waals surface area contributed by atoms with Crippen molar-refractivity contribution >= 4 is 5.69 Å². The average Bonchev–Trinajstić information content (AvgIpc) is 2.37. The number of likely N-dealkylation sites (N-methyl/N-ethyl adjacent to an activating group) is 1. The highest BCUT2D eigenvalue weighted by atomic mass is 16.3. The van der Waals surface area contributed by atoms with Gasteiger partial charge in [-0.25, -0.2) is 0 Å². The summed E-state index contributed by atoms with van der Waals surface area (Å²) >= 11 is 0. The fourth-order valence-corrected chi connectivity index (χ4v) is 1.46. The summed E-state index contributed by atoms with van der Waals surface area (Å²) in [5.74, 6) is 0. The Bertz CT molecular complexity index is 349. The standard InChI is InChI=1S/C13H22N2O2/c1-5-12(17)11-7-6-10(8-14-11)15(4)13(2,3)9-16/h6-8,12,16-17H,5,9H2,1-4H3. The van der Waals surface area contributed by atoms with Crippen LogP contribution in [0.3, 0.4) is 0 Å². The monoisotopic (exact) mass is 238 g/mol. The molecule has 1 aromatic heterocycles. The molecule has 0 amide bonds. The second kappa shape index (κ2) is 5.47. The maximum atomic E-state index is 9.65. The summed E-state index contributed by atoms with van der Waals surface area (Å²) in [5, 5.41) is 19.0. The first-order valence-electron chi connectivity index (χ1n) is 5.91. The molecular formula is C13H22N2O2. The fraction of sp³-hybridized carbons (Fsp3) is 0.615. The highest BCUT2D eigenvalue weighted by Crippen LogP contribution is 2.22. The van der Waals surface area contributed by atoms with Gasteiger partial charge in [-0.15, -0.1) is 0 Å². The van der Waals surface area contributed by atoms with E-state index in [1.165, 1.54) is 0 Å². The topological polar surface area (TPSA) is 56.6 Å². The van der Waals surface area contributed by atoms with E-state index in [1.54, 1.807) is 6.20 Å². The van der Waals surface area contributed by atoms with Gasteiger partial charge in [-0.3, -0.25) is 4.98 Å². The Balaban J connectivity index is 2.88. The molecule has 0 aliphatic heterocycles. The lowest BCUT2D eigenvalue weighted by Gasteiger charge is -2.35. The molecule has 0 aliphatic carbocycles. The molecule has 4 heteroatoms. The minimum absolute atomic E-state index is 0.0723. The van der Waals surface area contributed by atoms with Crippen LogP contribution in [0.15, 0.2) is 18.3 Å². The molecule has 1 atom stereocenters. The molecule has 96 valence electrons. The van der Waals surface area contributed by atoms with E-state index in [4.69, 9.17) is 0 Å². The van der Waals surface area contributed by atoms with Crippen molar-refractivity contribution in [3.8, 4) is 0 Å². The number of hydrogen-bond acceptors (Lipinski definition) is 4. The fourth-order valence-electron chi connectivity index (χ4n) is 1.46. The zero-order chi connectivity index (χ0) is 13.1. The second-order valence-electron chi connectivity index (χ2n) is 4.89. The summed E-state index contributed by atoms with van der Waals surface area (Å²) in [5.41, 5.74) is 1.29. The van der Waals surface area contributed by atoms with Crippen molar-refractivity contribution in [1.82, 2.24) is 4.98 Å². The predicted molar refractivity (Wildman–Crippen MR) is 69.1 cm³/mol. The third kappa shape index (κ3) is 3.17. The van der Waals surface area contributed by atoms with Crippen LogP contribution in [0.25, 0.3) is 0 Å². The zero-order valence-corrected chi connectivity index (χ0v) is 11.0. The van der Waals surface area contributed by atoms with Crippen molar-refractivity contribution in [1.29, 1.82) is 0 Å². The van der Waals surface area contributed by atoms with Gasteiger partial charge in [0.15, 0.2) is 0 Å². The summed E-state index contributed by atoms with van der Waals surface area (Å²) in [7, 11) is 1.92. The Morgan fingerprint density at radius 2 is 2.06 bits per heavy atom. The number of anilines is 1. The SMILES string of the molecule is CCC(O)c1ccc(N(C)C(C)(C)CO)cn1. The van der Waals surface area contributed by atoms with Gasteiger partial charge in [-0.05, 0) is 32.4 Å². The summed E-state index contributed by atoms with van der Waals surface area (Å²) in [6.07, 6.45) is 1.89. The van der Waals surface area contributed by atoms with Crippen LogP contribution in [0.1, 0.15) is 39.0 Å². The molecule has 0 fully saturated rings. The number of aliphatic hydroxyl groups excluding tert-OH is 2. The zero-order valence-electron chi connectivity index (χ0n) is 11.0. The van der Waals surface area contributed by atoms with Gasteiger partial charge in [-0.1, -0.05) is 6.92 Å². The number of aromatic nitrogens is 1. The lowest BCUT2D eigenvalue weighted by atomic mass is 10.0. The van der Waals surface area contributed by atoms with E-state index in [-0.39, 0.29) is 12.1 Å². The van der Waals surface area contributed by atoms with Crippen LogP contribution in [0.5, 0.6) is 0 Å². The minimum atomic E-state index is -0.500. The minimum Gasteiger partial charge on any atom is -0.394 e. The Morgan fingerprint density at radius 1 is 1.41 bits per heavy atom. The third-order valence-electron chi connectivity index (χ3n) is 3.18. The van der Waals surface area contributed by atoms with E-state index in [0.717, 1.165) is 5.69 Å². The maximum absolute atomic E-state index is 9.65. The molecule has 1 unspecified atom stereocenters. The first-order chi connectivity index (χ1) is 7.92. The lowest BCUT2D eigenvalue weighted by molar-refractivity contribution is 0.169. The number of pyridine rings is 1. The quantitative estimate of drug-likeness (QED) is 0.820. The van der Waals surface area contributed by atoms with E-state index in [0.29, 0.717) is 12.1 Å². The third-order valence-corrected chi connectivity index (χ3v) is 3.18. The van der Waals surface area contributed by atoms with Crippen molar-refractivity contribution in [2.24, 2.45) is 0 Å². The van der Waals surface area contributed by atoms with Crippen molar-refractivity contribution < 1.29 is 10.2 Å². The summed E-state index contributed by atoms with van der Waals surface area (Å²) in [4.78, 5) is 6.22. The van der Waals surface area contributed by atoms with Crippen LogP contribution in [0.2, 0.25) is 0 Å². The molecule has 17 heavy (non-hydrogen) atoms. The van der Waals surface area contributed by atoms with Crippen LogP contribution in [-0.2, 0) is 0 Å². The first kappa shape index (κ1) is 13.9. The van der Waals surface area contributed by atoms with Gasteiger partial charge in [0.25, 0.3) is 0 Å².